The van der Waals surface area contributed by atoms with Gasteiger partial charge >= 0.3 is 12.5 Å². The van der Waals surface area contributed by atoms with Gasteiger partial charge in [0, 0.05) is 11.4 Å². The minimum absolute atomic E-state index is 0.460. The van der Waals surface area contributed by atoms with Crippen LogP contribution in [0.1, 0.15) is 17.0 Å². The molecule has 0 radical (unpaired) electrons. The molecule has 1 aromatic rings. The lowest BCUT2D eigenvalue weighted by Gasteiger charge is -2.16. The number of hydrogen-bond acceptors (Lipinski definition) is 3. The van der Waals surface area contributed by atoms with Gasteiger partial charge in [0.15, 0.2) is 5.75 Å². The molecule has 0 unspecified atom stereocenters. The first-order valence-electron chi connectivity index (χ1n) is 4.61. The Morgan fingerprint density at radius 2 is 1.79 bits per heavy atom. The lowest BCUT2D eigenvalue weighted by molar-refractivity contribution is -0.275. The summed E-state index contributed by atoms with van der Waals surface area (Å²) in [6.07, 6.45) is -10.0. The molecule has 0 spiro atoms. The Balaban J connectivity index is 3.36. The average molecular weight is 310 g/mol. The van der Waals surface area contributed by atoms with Gasteiger partial charge in [-0.15, -0.1) is 24.8 Å². The summed E-state index contributed by atoms with van der Waals surface area (Å²) in [6, 6.07) is 0.460. The van der Waals surface area contributed by atoms with Crippen LogP contribution in [0.4, 0.5) is 26.3 Å². The monoisotopic (exact) mass is 309 g/mol. The van der Waals surface area contributed by atoms with Crippen molar-refractivity contribution in [2.45, 2.75) is 25.0 Å². The average Bonchev–Trinajstić information content (AvgIpc) is 2.24. The van der Waals surface area contributed by atoms with Crippen LogP contribution < -0.4 is 4.74 Å². The number of aliphatic hydroxyl groups excluding tert-OH is 1. The molecule has 0 fully saturated rings. The maximum absolute atomic E-state index is 12.6. The van der Waals surface area contributed by atoms with Crippen molar-refractivity contribution in [3.63, 3.8) is 0 Å². The van der Waals surface area contributed by atoms with Gasteiger partial charge in [-0.1, -0.05) is 0 Å². The van der Waals surface area contributed by atoms with E-state index in [1.54, 1.807) is 0 Å². The van der Waals surface area contributed by atoms with Crippen LogP contribution in [0.3, 0.4) is 0 Å². The van der Waals surface area contributed by atoms with E-state index in [0.29, 0.717) is 6.07 Å². The molecular weight excluding hydrogens is 304 g/mol. The van der Waals surface area contributed by atoms with Gasteiger partial charge in [-0.25, -0.2) is 4.98 Å². The number of halogens is 7. The molecule has 0 atom stereocenters. The van der Waals surface area contributed by atoms with E-state index in [4.69, 9.17) is 16.7 Å². The Bertz CT molecular complexity index is 459. The summed E-state index contributed by atoms with van der Waals surface area (Å²) in [5.41, 5.74) is -3.01. The highest BCUT2D eigenvalue weighted by molar-refractivity contribution is 6.17. The van der Waals surface area contributed by atoms with Gasteiger partial charge in [0.2, 0.25) is 0 Å². The topological polar surface area (TPSA) is 42.4 Å². The van der Waals surface area contributed by atoms with E-state index < -0.39 is 47.7 Å². The number of aliphatic hydroxyl groups is 1. The number of hydrogen-bond donors (Lipinski definition) is 1. The second-order valence-corrected chi connectivity index (χ2v) is 3.55. The predicted octanol–water partition coefficient (Wildman–Crippen LogP) is 3.23. The van der Waals surface area contributed by atoms with E-state index in [2.05, 4.69) is 9.72 Å². The number of rotatable bonds is 3. The van der Waals surface area contributed by atoms with Gasteiger partial charge in [-0.05, 0) is 6.07 Å². The van der Waals surface area contributed by atoms with Crippen molar-refractivity contribution in [2.75, 3.05) is 0 Å². The van der Waals surface area contributed by atoms with Crippen molar-refractivity contribution < 1.29 is 36.2 Å². The van der Waals surface area contributed by atoms with Crippen LogP contribution in [-0.4, -0.2) is 16.5 Å². The molecule has 19 heavy (non-hydrogen) atoms. The molecule has 1 N–H and O–H groups in total. The first-order chi connectivity index (χ1) is 8.58. The molecule has 0 aliphatic carbocycles. The van der Waals surface area contributed by atoms with Gasteiger partial charge in [0.05, 0.1) is 6.61 Å². The van der Waals surface area contributed by atoms with Crippen LogP contribution in [0.5, 0.6) is 5.75 Å². The second kappa shape index (κ2) is 5.41. The third kappa shape index (κ3) is 4.13. The number of ether oxygens (including phenoxy) is 1. The van der Waals surface area contributed by atoms with Crippen molar-refractivity contribution in [1.29, 1.82) is 0 Å². The summed E-state index contributed by atoms with van der Waals surface area (Å²) in [5.74, 6) is -1.72. The van der Waals surface area contributed by atoms with Crippen LogP contribution >= 0.6 is 11.6 Å². The maximum atomic E-state index is 12.6. The zero-order valence-corrected chi connectivity index (χ0v) is 9.70. The fourth-order valence-electron chi connectivity index (χ4n) is 1.25. The van der Waals surface area contributed by atoms with Crippen LogP contribution in [0.15, 0.2) is 6.07 Å². The SMILES string of the molecule is OCc1nc(C(F)(F)F)c(CCl)cc1OC(F)(F)F. The first kappa shape index (κ1) is 15.8. The summed E-state index contributed by atoms with van der Waals surface area (Å²) < 4.78 is 77.3. The zero-order chi connectivity index (χ0) is 14.8. The molecule has 0 aliphatic rings. The van der Waals surface area contributed by atoms with Gasteiger partial charge in [-0.3, -0.25) is 0 Å². The fraction of sp³-hybridized carbons (Fsp3) is 0.444. The minimum Gasteiger partial charge on any atom is -0.404 e. The normalized spacial score (nSPS) is 12.6. The van der Waals surface area contributed by atoms with Gasteiger partial charge < -0.3 is 9.84 Å². The fourth-order valence-corrected chi connectivity index (χ4v) is 1.45. The van der Waals surface area contributed by atoms with Gasteiger partial charge in [0.1, 0.15) is 11.4 Å². The molecule has 1 rings (SSSR count). The molecule has 1 heterocycles. The van der Waals surface area contributed by atoms with Crippen LogP contribution in [0.2, 0.25) is 0 Å². The Morgan fingerprint density at radius 3 is 2.16 bits per heavy atom. The molecule has 108 valence electrons. The Kier molecular flexibility index (Phi) is 4.51. The summed E-state index contributed by atoms with van der Waals surface area (Å²) in [4.78, 5) is 2.93. The highest BCUT2D eigenvalue weighted by Crippen LogP contribution is 2.35. The lowest BCUT2D eigenvalue weighted by Crippen LogP contribution is -2.20. The van der Waals surface area contributed by atoms with Gasteiger partial charge in [0.25, 0.3) is 0 Å². The summed E-state index contributed by atoms with van der Waals surface area (Å²) in [7, 11) is 0. The van der Waals surface area contributed by atoms with Crippen LogP contribution in [0, 0.1) is 0 Å². The highest BCUT2D eigenvalue weighted by Gasteiger charge is 2.38. The standard InChI is InChI=1S/C9H6ClF6NO2/c10-2-4-1-6(19-9(14,15)16)5(3-18)17-7(4)8(11,12)13/h1,18H,2-3H2. The summed E-state index contributed by atoms with van der Waals surface area (Å²) >= 11 is 5.24. The smallest absolute Gasteiger partial charge is 0.404 e. The summed E-state index contributed by atoms with van der Waals surface area (Å²) in [5, 5.41) is 8.76. The third-order valence-electron chi connectivity index (χ3n) is 1.93. The molecule has 1 aromatic heterocycles. The number of aromatic nitrogens is 1. The largest absolute Gasteiger partial charge is 0.573 e. The van der Waals surface area contributed by atoms with E-state index in [-0.39, 0.29) is 0 Å². The first-order valence-corrected chi connectivity index (χ1v) is 5.14. The van der Waals surface area contributed by atoms with Crippen molar-refractivity contribution in [3.05, 3.63) is 23.0 Å². The summed E-state index contributed by atoms with van der Waals surface area (Å²) in [6.45, 7) is -1.14. The molecule has 3 nitrogen and oxygen atoms in total. The molecule has 0 aromatic carbocycles. The van der Waals surface area contributed by atoms with Crippen molar-refractivity contribution >= 4 is 11.6 Å². The van der Waals surface area contributed by atoms with E-state index in [9.17, 15) is 26.3 Å². The maximum Gasteiger partial charge on any atom is 0.573 e. The molecule has 0 bridgehead atoms. The second-order valence-electron chi connectivity index (χ2n) is 3.28. The van der Waals surface area contributed by atoms with E-state index in [0.717, 1.165) is 0 Å². The molecule has 0 saturated heterocycles. The van der Waals surface area contributed by atoms with Gasteiger partial charge in [-0.2, -0.15) is 13.2 Å². The molecule has 0 aliphatic heterocycles. The highest BCUT2D eigenvalue weighted by atomic mass is 35.5. The predicted molar refractivity (Wildman–Crippen MR) is 51.4 cm³/mol. The Hall–Kier alpha value is -1.22. The number of alkyl halides is 7. The zero-order valence-electron chi connectivity index (χ0n) is 8.94. The van der Waals surface area contributed by atoms with Crippen molar-refractivity contribution in [3.8, 4) is 5.75 Å². The van der Waals surface area contributed by atoms with E-state index >= 15 is 0 Å². The number of nitrogens with zero attached hydrogens (tertiary/aromatic N) is 1. The van der Waals surface area contributed by atoms with Crippen molar-refractivity contribution in [1.82, 2.24) is 4.98 Å². The quantitative estimate of drug-likeness (QED) is 0.688. The minimum atomic E-state index is -5.12. The lowest BCUT2D eigenvalue weighted by atomic mass is 10.1. The van der Waals surface area contributed by atoms with E-state index in [1.165, 1.54) is 0 Å². The van der Waals surface area contributed by atoms with Crippen molar-refractivity contribution in [2.24, 2.45) is 0 Å². The molecular formula is C9H6ClF6NO2. The van der Waals surface area contributed by atoms with Crippen LogP contribution in [0.25, 0.3) is 0 Å². The Labute approximate surface area is 107 Å². The molecule has 0 saturated carbocycles. The van der Waals surface area contributed by atoms with E-state index in [1.807, 2.05) is 0 Å². The number of pyridine rings is 1. The third-order valence-corrected chi connectivity index (χ3v) is 2.22. The molecule has 10 heteroatoms. The Morgan fingerprint density at radius 1 is 1.21 bits per heavy atom. The van der Waals surface area contributed by atoms with Crippen LogP contribution in [-0.2, 0) is 18.7 Å². The molecule has 0 amide bonds.